The maximum absolute atomic E-state index is 16.1. The van der Waals surface area contributed by atoms with Crippen LogP contribution in [-0.2, 0) is 14.3 Å². The van der Waals surface area contributed by atoms with E-state index in [4.69, 9.17) is 27.9 Å². The summed E-state index contributed by atoms with van der Waals surface area (Å²) in [7, 11) is 1.31. The van der Waals surface area contributed by atoms with Crippen LogP contribution >= 0.6 is 23.2 Å². The van der Waals surface area contributed by atoms with Gasteiger partial charge in [0.15, 0.2) is 0 Å². The number of allylic oxidation sites excluding steroid dienone is 3. The van der Waals surface area contributed by atoms with Crippen molar-refractivity contribution in [3.63, 3.8) is 0 Å². The lowest BCUT2D eigenvalue weighted by Crippen LogP contribution is -2.58. The van der Waals surface area contributed by atoms with Crippen LogP contribution in [0.3, 0.4) is 0 Å². The van der Waals surface area contributed by atoms with Crippen LogP contribution in [0.5, 0.6) is 0 Å². The molecule has 1 N–H and O–H groups in total. The Balaban J connectivity index is 1.52. The normalized spacial score (nSPS) is 28.4. The molecule has 0 bridgehead atoms. The largest absolute Gasteiger partial charge is 0.465 e. The number of fused-ring (bicyclic) bond motifs is 1. The Bertz CT molecular complexity index is 1600. The van der Waals surface area contributed by atoms with E-state index >= 15 is 4.39 Å². The number of nitrogens with zero attached hydrogens (tertiary/aromatic N) is 2. The van der Waals surface area contributed by atoms with E-state index in [2.05, 4.69) is 16.8 Å². The van der Waals surface area contributed by atoms with Gasteiger partial charge < -0.3 is 15.0 Å². The van der Waals surface area contributed by atoms with Crippen molar-refractivity contribution in [2.45, 2.75) is 50.1 Å². The molecule has 2 aromatic rings. The molecule has 2 amide bonds. The zero-order valence-corrected chi connectivity index (χ0v) is 26.1. The first kappa shape index (κ1) is 30.6. The molecule has 1 saturated carbocycles. The monoisotopic (exact) mass is 637 g/mol. The smallest absolute Gasteiger partial charge is 0.337 e. The molecular formula is C34H34Cl2FN3O4. The van der Waals surface area contributed by atoms with E-state index in [0.29, 0.717) is 40.0 Å². The predicted octanol–water partition coefficient (Wildman–Crippen LogP) is 6.34. The number of amides is 2. The number of methoxy groups -OCH3 is 1. The van der Waals surface area contributed by atoms with Gasteiger partial charge in [-0.1, -0.05) is 60.8 Å². The number of likely N-dealkylation sites (tertiary alicyclic amines) is 1. The third kappa shape index (κ3) is 4.70. The summed E-state index contributed by atoms with van der Waals surface area (Å²) in [6, 6.07) is 10.9. The molecule has 2 aromatic carbocycles. The Labute approximate surface area is 266 Å². The number of anilines is 1. The van der Waals surface area contributed by atoms with E-state index in [1.54, 1.807) is 60.4 Å². The zero-order valence-electron chi connectivity index (χ0n) is 24.6. The first-order chi connectivity index (χ1) is 21.1. The highest BCUT2D eigenvalue weighted by molar-refractivity contribution is 6.31. The average molecular weight is 639 g/mol. The Morgan fingerprint density at radius 1 is 1.18 bits per heavy atom. The minimum Gasteiger partial charge on any atom is -0.465 e. The molecule has 3 aliphatic heterocycles. The fourth-order valence-electron chi connectivity index (χ4n) is 7.76. The second kappa shape index (κ2) is 11.8. The van der Waals surface area contributed by atoms with Crippen molar-refractivity contribution >= 4 is 46.7 Å². The summed E-state index contributed by atoms with van der Waals surface area (Å²) in [6.07, 6.45) is 7.57. The summed E-state index contributed by atoms with van der Waals surface area (Å²) in [4.78, 5) is 44.8. The van der Waals surface area contributed by atoms with E-state index < -0.39 is 35.2 Å². The molecule has 1 spiro atoms. The molecule has 4 fully saturated rings. The lowest BCUT2D eigenvalue weighted by molar-refractivity contribution is -0.128. The minimum absolute atomic E-state index is 0.0825. The number of carbonyl (C=O) groups excluding carboxylic acids is 3. The first-order valence-corrected chi connectivity index (χ1v) is 15.6. The summed E-state index contributed by atoms with van der Waals surface area (Å²) >= 11 is 12.7. The number of nitrogens with one attached hydrogen (secondary N) is 1. The van der Waals surface area contributed by atoms with Gasteiger partial charge in [-0.15, -0.1) is 0 Å². The van der Waals surface area contributed by atoms with Gasteiger partial charge >= 0.3 is 5.97 Å². The van der Waals surface area contributed by atoms with Crippen molar-refractivity contribution in [2.75, 3.05) is 25.1 Å². The molecule has 3 saturated heterocycles. The molecule has 44 heavy (non-hydrogen) atoms. The molecule has 7 nitrogen and oxygen atoms in total. The Kier molecular flexibility index (Phi) is 8.20. The molecule has 0 unspecified atom stereocenters. The van der Waals surface area contributed by atoms with Crippen molar-refractivity contribution in [3.8, 4) is 0 Å². The molecule has 1 aliphatic carbocycles. The van der Waals surface area contributed by atoms with Crippen molar-refractivity contribution < 1.29 is 23.5 Å². The van der Waals surface area contributed by atoms with Crippen LogP contribution in [0.15, 0.2) is 77.5 Å². The molecule has 0 radical (unpaired) electrons. The van der Waals surface area contributed by atoms with Gasteiger partial charge in [0.25, 0.3) is 0 Å². The minimum atomic E-state index is -1.43. The Morgan fingerprint density at radius 3 is 2.55 bits per heavy atom. The fraction of sp³-hybridized carbons (Fsp3) is 0.382. The topological polar surface area (TPSA) is 79.0 Å². The number of benzene rings is 2. The van der Waals surface area contributed by atoms with Crippen LogP contribution in [0.2, 0.25) is 5.02 Å². The van der Waals surface area contributed by atoms with Gasteiger partial charge in [-0.05, 0) is 73.2 Å². The number of esters is 1. The number of halogens is 3. The van der Waals surface area contributed by atoms with E-state index in [0.717, 1.165) is 25.7 Å². The van der Waals surface area contributed by atoms with Gasteiger partial charge in [-0.25, -0.2) is 9.18 Å². The number of rotatable bonds is 6. The van der Waals surface area contributed by atoms with Crippen LogP contribution in [0.4, 0.5) is 10.1 Å². The second-order valence-corrected chi connectivity index (χ2v) is 12.8. The van der Waals surface area contributed by atoms with Crippen LogP contribution in [0.25, 0.3) is 0 Å². The van der Waals surface area contributed by atoms with Crippen LogP contribution in [0, 0.1) is 17.7 Å². The van der Waals surface area contributed by atoms with Gasteiger partial charge in [-0.2, -0.15) is 0 Å². The molecule has 6 rings (SSSR count). The van der Waals surface area contributed by atoms with E-state index in [-0.39, 0.29) is 28.9 Å². The lowest BCUT2D eigenvalue weighted by atomic mass is 9.71. The van der Waals surface area contributed by atoms with Gasteiger partial charge in [0.2, 0.25) is 11.8 Å². The average Bonchev–Trinajstić information content (AvgIpc) is 3.77. The molecule has 3 heterocycles. The maximum atomic E-state index is 16.1. The predicted molar refractivity (Wildman–Crippen MR) is 168 cm³/mol. The summed E-state index contributed by atoms with van der Waals surface area (Å²) in [5, 5.41) is 3.33. The zero-order chi connectivity index (χ0) is 31.3. The lowest BCUT2D eigenvalue weighted by Gasteiger charge is -2.42. The van der Waals surface area contributed by atoms with Crippen molar-refractivity contribution in [3.05, 3.63) is 99.5 Å². The maximum Gasteiger partial charge on any atom is 0.337 e. The molecule has 4 aliphatic rings. The van der Waals surface area contributed by atoms with Gasteiger partial charge in [0.1, 0.15) is 11.4 Å². The van der Waals surface area contributed by atoms with Crippen LogP contribution < -0.4 is 10.2 Å². The number of ether oxygens (including phenoxy) is 1. The number of hydrogen-bond acceptors (Lipinski definition) is 5. The standard InChI is InChI=1S/C34H34Cl2FN3O4/c1-4-22(35)16-26-19(2)34(33(43)38-26)29(24-10-7-11-25(36)30(24)37)28-27(40(34)17-20-8-5-6-9-20)18-39(31(28)41)23-14-12-21(13-15-23)32(42)44-3/h4,7,10-16,20,27-29H,2,5-6,8-9,17-18H2,1,3H3,(H,38,43)/b22-4+,26-16+/t27-,28+,29-,34+/m1/s1. The summed E-state index contributed by atoms with van der Waals surface area (Å²) in [5.74, 6) is -3.10. The van der Waals surface area contributed by atoms with E-state index in [1.807, 2.05) is 0 Å². The van der Waals surface area contributed by atoms with E-state index in [9.17, 15) is 14.4 Å². The van der Waals surface area contributed by atoms with Gasteiger partial charge in [0, 0.05) is 41.5 Å². The van der Waals surface area contributed by atoms with E-state index in [1.165, 1.54) is 13.2 Å². The van der Waals surface area contributed by atoms with Gasteiger partial charge in [0.05, 0.1) is 23.6 Å². The Hall–Kier alpha value is -3.46. The van der Waals surface area contributed by atoms with Crippen LogP contribution in [0.1, 0.15) is 54.4 Å². The van der Waals surface area contributed by atoms with Crippen molar-refractivity contribution in [2.24, 2.45) is 11.8 Å². The highest BCUT2D eigenvalue weighted by Crippen LogP contribution is 2.59. The summed E-state index contributed by atoms with van der Waals surface area (Å²) in [6.45, 7) is 7.05. The third-order valence-corrected chi connectivity index (χ3v) is 10.4. The molecular weight excluding hydrogens is 604 g/mol. The first-order valence-electron chi connectivity index (χ1n) is 14.9. The third-order valence-electron chi connectivity index (χ3n) is 9.78. The highest BCUT2D eigenvalue weighted by Gasteiger charge is 2.71. The fourth-order valence-corrected chi connectivity index (χ4v) is 8.05. The quantitative estimate of drug-likeness (QED) is 0.374. The molecule has 10 heteroatoms. The van der Waals surface area contributed by atoms with Crippen molar-refractivity contribution in [1.29, 1.82) is 0 Å². The molecule has 4 atom stereocenters. The number of hydrogen-bond donors (Lipinski definition) is 1. The summed E-state index contributed by atoms with van der Waals surface area (Å²) in [5.41, 5.74) is 0.642. The van der Waals surface area contributed by atoms with Gasteiger partial charge in [-0.3, -0.25) is 14.5 Å². The summed E-state index contributed by atoms with van der Waals surface area (Å²) < 4.78 is 20.9. The number of carbonyl (C=O) groups is 3. The Morgan fingerprint density at radius 2 is 1.89 bits per heavy atom. The second-order valence-electron chi connectivity index (χ2n) is 11.9. The molecule has 230 valence electrons. The van der Waals surface area contributed by atoms with Crippen LogP contribution in [-0.4, -0.2) is 54.5 Å². The van der Waals surface area contributed by atoms with Crippen molar-refractivity contribution in [1.82, 2.24) is 10.2 Å². The highest BCUT2D eigenvalue weighted by atomic mass is 35.5. The SMILES string of the molecule is C=C1/C(=C\C(Cl)=C/C)NC(=O)[C@@]12[C@H](c1cccc(Cl)c1F)[C@H]1C(=O)N(c3ccc(C(=O)OC)cc3)C[C@H]1N2CC1CCCC1. The molecule has 0 aromatic heterocycles.